The van der Waals surface area contributed by atoms with Gasteiger partial charge in [-0.1, -0.05) is 47.5 Å². The molecule has 0 unspecified atom stereocenters. The van der Waals surface area contributed by atoms with Crippen LogP contribution in [0.3, 0.4) is 0 Å². The zero-order chi connectivity index (χ0) is 32.1. The number of ether oxygens (including phenoxy) is 1. The summed E-state index contributed by atoms with van der Waals surface area (Å²) < 4.78 is 35.3. The van der Waals surface area contributed by atoms with Crippen LogP contribution >= 0.6 is 23.2 Å². The Balaban J connectivity index is 1.41. The summed E-state index contributed by atoms with van der Waals surface area (Å²) in [6.45, 7) is 0.965. The molecule has 2 N–H and O–H groups in total. The minimum Gasteiger partial charge on any atom is -0.454 e. The summed E-state index contributed by atoms with van der Waals surface area (Å²) in [5.41, 5.74) is 6.27. The molecule has 2 aromatic heterocycles. The van der Waals surface area contributed by atoms with E-state index in [4.69, 9.17) is 33.7 Å². The number of esters is 1. The summed E-state index contributed by atoms with van der Waals surface area (Å²) in [7, 11) is -4.40. The summed E-state index contributed by atoms with van der Waals surface area (Å²) in [5, 5.41) is 0.237. The summed E-state index contributed by atoms with van der Waals surface area (Å²) in [5.74, 6) is -2.21. The Morgan fingerprint density at radius 1 is 1.04 bits per heavy atom. The third kappa shape index (κ3) is 5.43. The quantitative estimate of drug-likeness (QED) is 0.263. The number of benzene rings is 2. The predicted octanol–water partition coefficient (Wildman–Crippen LogP) is 3.07. The van der Waals surface area contributed by atoms with Crippen LogP contribution in [0, 0.1) is 0 Å². The van der Waals surface area contributed by atoms with Crippen LogP contribution in [0.2, 0.25) is 10.0 Å². The number of hydrogen-bond acceptors (Lipinski definition) is 9. The van der Waals surface area contributed by atoms with E-state index >= 15 is 0 Å². The summed E-state index contributed by atoms with van der Waals surface area (Å²) in [6.07, 6.45) is 6.21. The number of aromatic nitrogens is 4. The second-order valence-electron chi connectivity index (χ2n) is 10.8. The molecule has 4 heterocycles. The summed E-state index contributed by atoms with van der Waals surface area (Å²) >= 11 is 12.5. The molecule has 4 aromatic rings. The number of anilines is 2. The normalized spacial score (nSPS) is 19.7. The maximum absolute atomic E-state index is 14.4. The van der Waals surface area contributed by atoms with E-state index in [1.807, 2.05) is 24.3 Å². The Morgan fingerprint density at radius 3 is 2.31 bits per heavy atom. The highest BCUT2D eigenvalue weighted by Crippen LogP contribution is 2.45. The lowest BCUT2D eigenvalue weighted by molar-refractivity contribution is -0.154. The molecule has 2 aromatic carbocycles. The van der Waals surface area contributed by atoms with Crippen molar-refractivity contribution in [2.45, 2.75) is 36.4 Å². The molecule has 45 heavy (non-hydrogen) atoms. The number of carbonyl (C=O) groups excluding carboxylic acids is 3. The molecule has 1 saturated heterocycles. The van der Waals surface area contributed by atoms with Gasteiger partial charge in [0.05, 0.1) is 11.9 Å². The fourth-order valence-corrected chi connectivity index (χ4v) is 7.85. The van der Waals surface area contributed by atoms with Crippen LogP contribution in [-0.2, 0) is 41.1 Å². The number of nitrogens with two attached hydrogens (primary N) is 1. The van der Waals surface area contributed by atoms with Gasteiger partial charge in [-0.2, -0.15) is 4.31 Å². The van der Waals surface area contributed by atoms with E-state index in [9.17, 15) is 22.8 Å². The average molecular weight is 671 g/mol. The van der Waals surface area contributed by atoms with Gasteiger partial charge >= 0.3 is 5.97 Å². The van der Waals surface area contributed by atoms with Gasteiger partial charge in [-0.05, 0) is 42.7 Å². The van der Waals surface area contributed by atoms with E-state index < -0.39 is 46.0 Å². The molecular weight excluding hydrogens is 645 g/mol. The molecule has 0 bridgehead atoms. The first-order valence-corrected chi connectivity index (χ1v) is 15.8. The molecule has 0 saturated carbocycles. The van der Waals surface area contributed by atoms with Crippen molar-refractivity contribution < 1.29 is 27.5 Å². The maximum Gasteiger partial charge on any atom is 0.325 e. The Bertz CT molecular complexity index is 1920. The summed E-state index contributed by atoms with van der Waals surface area (Å²) in [6, 6.07) is 10.8. The second-order valence-corrected chi connectivity index (χ2v) is 13.5. The lowest BCUT2D eigenvalue weighted by atomic mass is 9.91. The molecule has 16 heteroatoms. The van der Waals surface area contributed by atoms with E-state index in [0.29, 0.717) is 5.69 Å². The zero-order valence-corrected chi connectivity index (χ0v) is 26.0. The number of nitrogens with zero attached hydrogens (tertiary/aromatic N) is 6. The van der Waals surface area contributed by atoms with Crippen LogP contribution in [0.4, 0.5) is 11.6 Å². The molecule has 0 radical (unpaired) electrons. The van der Waals surface area contributed by atoms with E-state index in [2.05, 4.69) is 15.0 Å². The standard InChI is InChI=1S/C29H25Cl2N7O6S/c1-29(11-17-2-4-18(5-3-17)19-12-33-16-34-13-19)27(41)37(22-9-20(30)8-21(31)10-22)28-35-14-25(38(28)29)45(42,43)36-7-6-23(36)26(40)44-15-24(32)39/h2-5,8-10,12-14,16,23H,6-7,11,15H2,1H3,(H2,32,39)/t23-,29+/m0/s1. The van der Waals surface area contributed by atoms with Gasteiger partial charge in [0.25, 0.3) is 21.8 Å². The average Bonchev–Trinajstić information content (AvgIpc) is 3.50. The predicted molar refractivity (Wildman–Crippen MR) is 163 cm³/mol. The smallest absolute Gasteiger partial charge is 0.325 e. The van der Waals surface area contributed by atoms with Crippen molar-refractivity contribution in [1.82, 2.24) is 23.8 Å². The Morgan fingerprint density at radius 2 is 1.71 bits per heavy atom. The molecule has 1 fully saturated rings. The first-order valence-electron chi connectivity index (χ1n) is 13.6. The highest BCUT2D eigenvalue weighted by molar-refractivity contribution is 7.89. The molecule has 2 aliphatic heterocycles. The van der Waals surface area contributed by atoms with Crippen molar-refractivity contribution in [3.8, 4) is 11.1 Å². The number of sulfonamides is 1. The Labute approximate surface area is 267 Å². The fraction of sp³-hybridized carbons (Fsp3) is 0.241. The molecule has 0 aliphatic carbocycles. The van der Waals surface area contributed by atoms with Gasteiger partial charge in [0.1, 0.15) is 17.9 Å². The topological polar surface area (TPSA) is 171 Å². The first kappa shape index (κ1) is 30.6. The van der Waals surface area contributed by atoms with Crippen LogP contribution < -0.4 is 10.6 Å². The first-order chi connectivity index (χ1) is 21.4. The van der Waals surface area contributed by atoms with Gasteiger partial charge in [0.2, 0.25) is 5.95 Å². The van der Waals surface area contributed by atoms with Gasteiger partial charge in [-0.3, -0.25) is 19.0 Å². The maximum atomic E-state index is 14.4. The van der Waals surface area contributed by atoms with Crippen LogP contribution in [0.5, 0.6) is 0 Å². The molecule has 6 rings (SSSR count). The van der Waals surface area contributed by atoms with Crippen molar-refractivity contribution in [1.29, 1.82) is 0 Å². The minimum atomic E-state index is -4.40. The van der Waals surface area contributed by atoms with Gasteiger partial charge in [0, 0.05) is 41.0 Å². The third-order valence-corrected chi connectivity index (χ3v) is 10.0. The highest BCUT2D eigenvalue weighted by atomic mass is 35.5. The van der Waals surface area contributed by atoms with Gasteiger partial charge < -0.3 is 10.5 Å². The molecular formula is C29H25Cl2N7O6S. The van der Waals surface area contributed by atoms with Gasteiger partial charge in [-0.15, -0.1) is 0 Å². The number of hydrogen-bond donors (Lipinski definition) is 1. The number of primary amides is 1. The lowest BCUT2D eigenvalue weighted by Crippen LogP contribution is -2.56. The monoisotopic (exact) mass is 669 g/mol. The molecule has 2 amide bonds. The van der Waals surface area contributed by atoms with Gasteiger partial charge in [0.15, 0.2) is 11.6 Å². The van der Waals surface area contributed by atoms with E-state index in [1.54, 1.807) is 19.3 Å². The number of halogens is 2. The van der Waals surface area contributed by atoms with E-state index in [1.165, 1.54) is 34.0 Å². The highest BCUT2D eigenvalue weighted by Gasteiger charge is 2.54. The summed E-state index contributed by atoms with van der Waals surface area (Å²) in [4.78, 5) is 51.8. The fourth-order valence-electron chi connectivity index (χ4n) is 5.52. The van der Waals surface area contributed by atoms with Crippen LogP contribution in [0.1, 0.15) is 18.9 Å². The lowest BCUT2D eigenvalue weighted by Gasteiger charge is -2.38. The van der Waals surface area contributed by atoms with Crippen LogP contribution in [-0.4, -0.2) is 69.2 Å². The Hall–Kier alpha value is -4.37. The second kappa shape index (κ2) is 11.5. The number of rotatable bonds is 9. The molecule has 2 atom stereocenters. The van der Waals surface area contributed by atoms with Crippen molar-refractivity contribution in [2.24, 2.45) is 5.73 Å². The SMILES string of the molecule is C[C@@]1(Cc2ccc(-c3cncnc3)cc2)C(=O)N(c2cc(Cl)cc(Cl)c2)c2ncc(S(=O)(=O)N3CC[C@H]3C(=O)OCC(N)=O)n21. The van der Waals surface area contributed by atoms with E-state index in [0.717, 1.165) is 27.2 Å². The van der Waals surface area contributed by atoms with Crippen molar-refractivity contribution in [2.75, 3.05) is 18.1 Å². The largest absolute Gasteiger partial charge is 0.454 e. The van der Waals surface area contributed by atoms with Crippen molar-refractivity contribution >= 4 is 62.6 Å². The molecule has 2 aliphatic rings. The number of carbonyl (C=O) groups is 3. The zero-order valence-electron chi connectivity index (χ0n) is 23.6. The molecule has 13 nitrogen and oxygen atoms in total. The van der Waals surface area contributed by atoms with E-state index in [-0.39, 0.29) is 40.4 Å². The van der Waals surface area contributed by atoms with Crippen LogP contribution in [0.15, 0.2) is 72.4 Å². The van der Waals surface area contributed by atoms with Crippen LogP contribution in [0.25, 0.3) is 11.1 Å². The number of imidazole rings is 1. The minimum absolute atomic E-state index is 0.0160. The Kier molecular flexibility index (Phi) is 7.85. The molecule has 0 spiro atoms. The molecule has 232 valence electrons. The number of amides is 2. The number of fused-ring (bicyclic) bond motifs is 1. The van der Waals surface area contributed by atoms with Crippen molar-refractivity contribution in [3.63, 3.8) is 0 Å². The van der Waals surface area contributed by atoms with Crippen molar-refractivity contribution in [3.05, 3.63) is 83.0 Å². The van der Waals surface area contributed by atoms with Gasteiger partial charge in [-0.25, -0.2) is 28.3 Å². The third-order valence-electron chi connectivity index (χ3n) is 7.74.